The Balaban J connectivity index is 1.97. The quantitative estimate of drug-likeness (QED) is 0.524. The van der Waals surface area contributed by atoms with Crippen molar-refractivity contribution in [3.8, 4) is 0 Å². The molecule has 1 rings (SSSR count). The molecule has 0 aliphatic carbocycles. The lowest BCUT2D eigenvalue weighted by Gasteiger charge is -2.11. The molecule has 0 saturated carbocycles. The van der Waals surface area contributed by atoms with E-state index < -0.39 is 0 Å². The molecule has 0 N–H and O–H groups in total. The highest BCUT2D eigenvalue weighted by molar-refractivity contribution is 5.66. The van der Waals surface area contributed by atoms with Gasteiger partial charge in [-0.05, 0) is 31.7 Å². The van der Waals surface area contributed by atoms with Gasteiger partial charge >= 0.3 is 5.97 Å². The maximum Gasteiger partial charge on any atom is 0.302 e. The SMILES string of the molecule is CC(=O)O[C@H](C)CCCCOCc1ccccc1. The normalized spacial score (nSPS) is 12.1. The smallest absolute Gasteiger partial charge is 0.302 e. The lowest BCUT2D eigenvalue weighted by Crippen LogP contribution is -2.12. The van der Waals surface area contributed by atoms with E-state index in [0.717, 1.165) is 25.9 Å². The third-order valence-corrected chi connectivity index (χ3v) is 2.63. The summed E-state index contributed by atoms with van der Waals surface area (Å²) in [5.74, 6) is -0.206. The average molecular weight is 250 g/mol. The van der Waals surface area contributed by atoms with Crippen LogP contribution in [-0.4, -0.2) is 18.7 Å². The van der Waals surface area contributed by atoms with E-state index in [4.69, 9.17) is 9.47 Å². The zero-order valence-corrected chi connectivity index (χ0v) is 11.2. The molecule has 1 atom stereocenters. The third kappa shape index (κ3) is 7.07. The molecule has 0 spiro atoms. The van der Waals surface area contributed by atoms with Crippen LogP contribution in [0.4, 0.5) is 0 Å². The maximum atomic E-state index is 10.7. The number of hydrogen-bond donors (Lipinski definition) is 0. The second kappa shape index (κ2) is 8.70. The summed E-state index contributed by atoms with van der Waals surface area (Å²) in [6.45, 7) is 4.79. The maximum absolute atomic E-state index is 10.7. The van der Waals surface area contributed by atoms with Crippen molar-refractivity contribution in [1.82, 2.24) is 0 Å². The van der Waals surface area contributed by atoms with Gasteiger partial charge in [0.2, 0.25) is 0 Å². The summed E-state index contributed by atoms with van der Waals surface area (Å²) in [6.07, 6.45) is 2.92. The van der Waals surface area contributed by atoms with Crippen molar-refractivity contribution < 1.29 is 14.3 Å². The zero-order valence-electron chi connectivity index (χ0n) is 11.2. The minimum absolute atomic E-state index is 0.0108. The Morgan fingerprint density at radius 3 is 2.61 bits per heavy atom. The van der Waals surface area contributed by atoms with E-state index in [1.807, 2.05) is 25.1 Å². The van der Waals surface area contributed by atoms with E-state index in [1.165, 1.54) is 12.5 Å². The Bertz CT molecular complexity index is 335. The highest BCUT2D eigenvalue weighted by Crippen LogP contribution is 2.06. The fraction of sp³-hybridized carbons (Fsp3) is 0.533. The van der Waals surface area contributed by atoms with Crippen molar-refractivity contribution in [2.45, 2.75) is 45.8 Å². The highest BCUT2D eigenvalue weighted by atomic mass is 16.5. The van der Waals surface area contributed by atoms with Crippen molar-refractivity contribution in [2.75, 3.05) is 6.61 Å². The first-order chi connectivity index (χ1) is 8.68. The van der Waals surface area contributed by atoms with Crippen molar-refractivity contribution in [3.05, 3.63) is 35.9 Å². The van der Waals surface area contributed by atoms with Gasteiger partial charge < -0.3 is 9.47 Å². The van der Waals surface area contributed by atoms with E-state index in [-0.39, 0.29) is 12.1 Å². The molecular weight excluding hydrogens is 228 g/mol. The topological polar surface area (TPSA) is 35.5 Å². The number of ether oxygens (including phenoxy) is 2. The molecule has 3 nitrogen and oxygen atoms in total. The van der Waals surface area contributed by atoms with Gasteiger partial charge in [0.1, 0.15) is 0 Å². The van der Waals surface area contributed by atoms with Gasteiger partial charge in [-0.1, -0.05) is 30.3 Å². The fourth-order valence-corrected chi connectivity index (χ4v) is 1.74. The molecule has 3 heteroatoms. The van der Waals surface area contributed by atoms with Crippen LogP contribution in [0.25, 0.3) is 0 Å². The highest BCUT2D eigenvalue weighted by Gasteiger charge is 2.04. The predicted octanol–water partition coefficient (Wildman–Crippen LogP) is 3.33. The lowest BCUT2D eigenvalue weighted by atomic mass is 10.2. The largest absolute Gasteiger partial charge is 0.463 e. The van der Waals surface area contributed by atoms with Crippen molar-refractivity contribution in [3.63, 3.8) is 0 Å². The summed E-state index contributed by atoms with van der Waals surface area (Å²) in [4.78, 5) is 10.7. The second-order valence-electron chi connectivity index (χ2n) is 4.45. The van der Waals surface area contributed by atoms with Crippen LogP contribution in [-0.2, 0) is 20.9 Å². The van der Waals surface area contributed by atoms with Gasteiger partial charge in [0.25, 0.3) is 0 Å². The Morgan fingerprint density at radius 2 is 1.94 bits per heavy atom. The van der Waals surface area contributed by atoms with Crippen LogP contribution in [0.5, 0.6) is 0 Å². The number of benzene rings is 1. The first-order valence-corrected chi connectivity index (χ1v) is 6.47. The van der Waals surface area contributed by atoms with Gasteiger partial charge in [-0.15, -0.1) is 0 Å². The number of carbonyl (C=O) groups is 1. The molecule has 0 fully saturated rings. The summed E-state index contributed by atoms with van der Waals surface area (Å²) in [5, 5.41) is 0. The Labute approximate surface area is 109 Å². The molecule has 0 radical (unpaired) electrons. The molecule has 1 aromatic rings. The van der Waals surface area contributed by atoms with E-state index in [9.17, 15) is 4.79 Å². The summed E-state index contributed by atoms with van der Waals surface area (Å²) in [5.41, 5.74) is 1.20. The number of rotatable bonds is 8. The molecule has 18 heavy (non-hydrogen) atoms. The van der Waals surface area contributed by atoms with E-state index in [0.29, 0.717) is 6.61 Å². The minimum Gasteiger partial charge on any atom is -0.463 e. The van der Waals surface area contributed by atoms with Gasteiger partial charge in [0.05, 0.1) is 12.7 Å². The summed E-state index contributed by atoms with van der Waals surface area (Å²) in [6, 6.07) is 10.1. The molecule has 0 unspecified atom stereocenters. The number of hydrogen-bond acceptors (Lipinski definition) is 3. The Morgan fingerprint density at radius 1 is 1.22 bits per heavy atom. The molecule has 0 heterocycles. The fourth-order valence-electron chi connectivity index (χ4n) is 1.74. The Hall–Kier alpha value is -1.35. The van der Waals surface area contributed by atoms with Gasteiger partial charge in [0.15, 0.2) is 0 Å². The van der Waals surface area contributed by atoms with Crippen LogP contribution in [0.1, 0.15) is 38.7 Å². The Kier molecular flexibility index (Phi) is 7.11. The van der Waals surface area contributed by atoms with Crippen LogP contribution in [0.15, 0.2) is 30.3 Å². The van der Waals surface area contributed by atoms with E-state index >= 15 is 0 Å². The third-order valence-electron chi connectivity index (χ3n) is 2.63. The van der Waals surface area contributed by atoms with Crippen molar-refractivity contribution in [1.29, 1.82) is 0 Å². The molecule has 0 aliphatic heterocycles. The molecule has 100 valence electrons. The summed E-state index contributed by atoms with van der Waals surface area (Å²) >= 11 is 0. The average Bonchev–Trinajstić information content (AvgIpc) is 2.34. The van der Waals surface area contributed by atoms with Crippen LogP contribution in [0.2, 0.25) is 0 Å². The first-order valence-electron chi connectivity index (χ1n) is 6.47. The molecule has 0 aliphatic rings. The van der Waals surface area contributed by atoms with Gasteiger partial charge in [0, 0.05) is 13.5 Å². The first kappa shape index (κ1) is 14.7. The van der Waals surface area contributed by atoms with Crippen LogP contribution >= 0.6 is 0 Å². The second-order valence-corrected chi connectivity index (χ2v) is 4.45. The number of esters is 1. The standard InChI is InChI=1S/C15H22O3/c1-13(18-14(2)16)8-6-7-11-17-12-15-9-4-3-5-10-15/h3-5,9-10,13H,6-8,11-12H2,1-2H3/t13-/m1/s1. The molecule has 0 bridgehead atoms. The van der Waals surface area contributed by atoms with Crippen molar-refractivity contribution in [2.24, 2.45) is 0 Å². The van der Waals surface area contributed by atoms with Crippen LogP contribution in [0, 0.1) is 0 Å². The molecule has 0 amide bonds. The molecule has 0 aromatic heterocycles. The zero-order chi connectivity index (χ0) is 13.2. The molecule has 0 saturated heterocycles. The number of carbonyl (C=O) groups excluding carboxylic acids is 1. The van der Waals surface area contributed by atoms with Gasteiger partial charge in [-0.2, -0.15) is 0 Å². The van der Waals surface area contributed by atoms with Crippen molar-refractivity contribution >= 4 is 5.97 Å². The van der Waals surface area contributed by atoms with Crippen LogP contribution < -0.4 is 0 Å². The summed E-state index contributed by atoms with van der Waals surface area (Å²) < 4.78 is 10.6. The minimum atomic E-state index is -0.206. The molecule has 1 aromatic carbocycles. The van der Waals surface area contributed by atoms with E-state index in [2.05, 4.69) is 12.1 Å². The monoisotopic (exact) mass is 250 g/mol. The summed E-state index contributed by atoms with van der Waals surface area (Å²) in [7, 11) is 0. The van der Waals surface area contributed by atoms with Gasteiger partial charge in [-0.3, -0.25) is 4.79 Å². The molecular formula is C15H22O3. The number of unbranched alkanes of at least 4 members (excludes halogenated alkanes) is 1. The van der Waals surface area contributed by atoms with E-state index in [1.54, 1.807) is 0 Å². The van der Waals surface area contributed by atoms with Crippen LogP contribution in [0.3, 0.4) is 0 Å². The lowest BCUT2D eigenvalue weighted by molar-refractivity contribution is -0.145. The predicted molar refractivity (Wildman–Crippen MR) is 71.2 cm³/mol. The van der Waals surface area contributed by atoms with Gasteiger partial charge in [-0.25, -0.2) is 0 Å².